The highest BCUT2D eigenvalue weighted by Crippen LogP contribution is 2.22. The maximum absolute atomic E-state index is 12.2. The van der Waals surface area contributed by atoms with Crippen LogP contribution in [0.4, 0.5) is 5.69 Å². The third-order valence-corrected chi connectivity index (χ3v) is 4.03. The van der Waals surface area contributed by atoms with Crippen LogP contribution in [0.5, 0.6) is 0 Å². The van der Waals surface area contributed by atoms with Crippen molar-refractivity contribution >= 4 is 29.1 Å². The summed E-state index contributed by atoms with van der Waals surface area (Å²) in [6.07, 6.45) is 0.847. The largest absolute Gasteiger partial charge is 0.350 e. The molecule has 1 aromatic rings. The Hall–Kier alpha value is -1.55. The molecule has 4 nitrogen and oxygen atoms in total. The quantitative estimate of drug-likeness (QED) is 0.791. The molecule has 1 rings (SSSR count). The first-order chi connectivity index (χ1) is 9.81. The molecule has 0 aliphatic carbocycles. The zero-order valence-corrected chi connectivity index (χ0v) is 13.8. The predicted molar refractivity (Wildman–Crippen MR) is 86.8 cm³/mol. The first-order valence-electron chi connectivity index (χ1n) is 7.09. The fraction of sp³-hybridized carbons (Fsp3) is 0.500. The van der Waals surface area contributed by atoms with E-state index in [1.54, 1.807) is 38.1 Å². The average molecular weight is 311 g/mol. The highest BCUT2D eigenvalue weighted by molar-refractivity contribution is 6.20. The Bertz CT molecular complexity index is 515. The summed E-state index contributed by atoms with van der Waals surface area (Å²) < 4.78 is 0. The standard InChI is InChI=1S/C16H23ClN2O2/c1-5-11(2)18-14(20)12-8-6-7-9-13(12)19-15(21)16(3,4)10-17/h6-9,11H,5,10H2,1-4H3,(H,18,20)(H,19,21). The van der Waals surface area contributed by atoms with Gasteiger partial charge in [0, 0.05) is 11.9 Å². The minimum absolute atomic E-state index is 0.0838. The van der Waals surface area contributed by atoms with Crippen molar-refractivity contribution in [2.24, 2.45) is 5.41 Å². The minimum Gasteiger partial charge on any atom is -0.350 e. The SMILES string of the molecule is CCC(C)NC(=O)c1ccccc1NC(=O)C(C)(C)CCl. The second kappa shape index (κ2) is 7.46. The van der Waals surface area contributed by atoms with Gasteiger partial charge >= 0.3 is 0 Å². The van der Waals surface area contributed by atoms with E-state index in [0.29, 0.717) is 11.3 Å². The molecule has 1 unspecified atom stereocenters. The van der Waals surface area contributed by atoms with Crippen LogP contribution in [0, 0.1) is 5.41 Å². The summed E-state index contributed by atoms with van der Waals surface area (Å²) in [6, 6.07) is 7.05. The lowest BCUT2D eigenvalue weighted by Gasteiger charge is -2.21. The zero-order valence-electron chi connectivity index (χ0n) is 13.0. The molecule has 2 N–H and O–H groups in total. The highest BCUT2D eigenvalue weighted by Gasteiger charge is 2.27. The van der Waals surface area contributed by atoms with Gasteiger partial charge in [-0.2, -0.15) is 0 Å². The molecule has 0 bridgehead atoms. The third kappa shape index (κ3) is 4.74. The highest BCUT2D eigenvalue weighted by atomic mass is 35.5. The number of carbonyl (C=O) groups is 2. The van der Waals surface area contributed by atoms with Gasteiger partial charge in [-0.1, -0.05) is 19.1 Å². The van der Waals surface area contributed by atoms with E-state index < -0.39 is 5.41 Å². The van der Waals surface area contributed by atoms with Crippen LogP contribution in [0.15, 0.2) is 24.3 Å². The summed E-state index contributed by atoms with van der Waals surface area (Å²) >= 11 is 5.80. The third-order valence-electron chi connectivity index (χ3n) is 3.36. The van der Waals surface area contributed by atoms with Gasteiger partial charge in [0.25, 0.3) is 5.91 Å². The summed E-state index contributed by atoms with van der Waals surface area (Å²) in [4.78, 5) is 24.4. The van der Waals surface area contributed by atoms with E-state index in [-0.39, 0.29) is 23.7 Å². The number of rotatable bonds is 6. The van der Waals surface area contributed by atoms with Crippen molar-refractivity contribution in [3.63, 3.8) is 0 Å². The predicted octanol–water partition coefficient (Wildman–Crippen LogP) is 3.42. The Morgan fingerprint density at radius 3 is 2.48 bits per heavy atom. The minimum atomic E-state index is -0.693. The van der Waals surface area contributed by atoms with Crippen molar-refractivity contribution in [2.75, 3.05) is 11.2 Å². The molecule has 0 radical (unpaired) electrons. The molecule has 0 aliphatic heterocycles. The lowest BCUT2D eigenvalue weighted by Crippen LogP contribution is -2.35. The first kappa shape index (κ1) is 17.5. The zero-order chi connectivity index (χ0) is 16.0. The van der Waals surface area contributed by atoms with Crippen molar-refractivity contribution in [3.8, 4) is 0 Å². The van der Waals surface area contributed by atoms with Gasteiger partial charge in [-0.05, 0) is 39.3 Å². The van der Waals surface area contributed by atoms with Gasteiger partial charge < -0.3 is 10.6 Å². The summed E-state index contributed by atoms with van der Waals surface area (Å²) in [5.74, 6) is -0.190. The molecule has 1 atom stereocenters. The second-order valence-electron chi connectivity index (χ2n) is 5.80. The molecule has 0 spiro atoms. The van der Waals surface area contributed by atoms with Crippen LogP contribution in [0.1, 0.15) is 44.5 Å². The molecule has 0 saturated carbocycles. The number of anilines is 1. The van der Waals surface area contributed by atoms with Crippen LogP contribution >= 0.6 is 11.6 Å². The molecule has 2 amide bonds. The molecule has 21 heavy (non-hydrogen) atoms. The Morgan fingerprint density at radius 1 is 1.29 bits per heavy atom. The lowest BCUT2D eigenvalue weighted by atomic mass is 9.95. The number of nitrogens with one attached hydrogen (secondary N) is 2. The molecule has 1 aromatic carbocycles. The van der Waals surface area contributed by atoms with E-state index in [1.165, 1.54) is 0 Å². The van der Waals surface area contributed by atoms with Crippen molar-refractivity contribution < 1.29 is 9.59 Å². The van der Waals surface area contributed by atoms with E-state index in [1.807, 2.05) is 13.8 Å². The summed E-state index contributed by atoms with van der Waals surface area (Å²) in [7, 11) is 0. The monoisotopic (exact) mass is 310 g/mol. The Kier molecular flexibility index (Phi) is 6.21. The molecular weight excluding hydrogens is 288 g/mol. The Balaban J connectivity index is 2.95. The van der Waals surface area contributed by atoms with Crippen LogP contribution in [-0.2, 0) is 4.79 Å². The number of hydrogen-bond acceptors (Lipinski definition) is 2. The second-order valence-corrected chi connectivity index (χ2v) is 6.07. The van der Waals surface area contributed by atoms with E-state index in [9.17, 15) is 9.59 Å². The van der Waals surface area contributed by atoms with Gasteiger partial charge in [0.1, 0.15) is 0 Å². The van der Waals surface area contributed by atoms with E-state index in [0.717, 1.165) is 6.42 Å². The van der Waals surface area contributed by atoms with E-state index in [2.05, 4.69) is 10.6 Å². The van der Waals surface area contributed by atoms with Gasteiger partial charge in [0.05, 0.1) is 16.7 Å². The van der Waals surface area contributed by atoms with Crippen molar-refractivity contribution in [2.45, 2.75) is 40.2 Å². The molecule has 0 fully saturated rings. The summed E-state index contributed by atoms with van der Waals surface area (Å²) in [6.45, 7) is 7.46. The van der Waals surface area contributed by atoms with E-state index in [4.69, 9.17) is 11.6 Å². The number of carbonyl (C=O) groups excluding carboxylic acids is 2. The number of hydrogen-bond donors (Lipinski definition) is 2. The topological polar surface area (TPSA) is 58.2 Å². The normalized spacial score (nSPS) is 12.6. The van der Waals surface area contributed by atoms with Crippen molar-refractivity contribution in [3.05, 3.63) is 29.8 Å². The average Bonchev–Trinajstić information content (AvgIpc) is 2.47. The first-order valence-corrected chi connectivity index (χ1v) is 7.62. The smallest absolute Gasteiger partial charge is 0.253 e. The van der Waals surface area contributed by atoms with Crippen molar-refractivity contribution in [1.82, 2.24) is 5.32 Å². The maximum atomic E-state index is 12.2. The number of amides is 2. The number of benzene rings is 1. The van der Waals surface area contributed by atoms with Gasteiger partial charge in [0.15, 0.2) is 0 Å². The molecule has 0 heterocycles. The molecular formula is C16H23ClN2O2. The van der Waals surface area contributed by atoms with Crippen molar-refractivity contribution in [1.29, 1.82) is 0 Å². The molecule has 0 aliphatic rings. The van der Waals surface area contributed by atoms with Gasteiger partial charge in [-0.25, -0.2) is 0 Å². The maximum Gasteiger partial charge on any atom is 0.253 e. The molecule has 5 heteroatoms. The van der Waals surface area contributed by atoms with Crippen LogP contribution in [0.2, 0.25) is 0 Å². The molecule has 0 saturated heterocycles. The Morgan fingerprint density at radius 2 is 1.90 bits per heavy atom. The van der Waals surface area contributed by atoms with Crippen LogP contribution in [-0.4, -0.2) is 23.7 Å². The van der Waals surface area contributed by atoms with Crippen LogP contribution in [0.3, 0.4) is 0 Å². The molecule has 116 valence electrons. The summed E-state index contributed by atoms with van der Waals surface area (Å²) in [5.41, 5.74) is 0.264. The van der Waals surface area contributed by atoms with Crippen LogP contribution < -0.4 is 10.6 Å². The fourth-order valence-electron chi connectivity index (χ4n) is 1.55. The van der Waals surface area contributed by atoms with E-state index >= 15 is 0 Å². The number of halogens is 1. The van der Waals surface area contributed by atoms with Crippen LogP contribution in [0.25, 0.3) is 0 Å². The fourth-order valence-corrected chi connectivity index (χ4v) is 1.67. The Labute approximate surface area is 131 Å². The van der Waals surface area contributed by atoms with Gasteiger partial charge in [-0.15, -0.1) is 11.6 Å². The number of alkyl halides is 1. The number of para-hydroxylation sites is 1. The van der Waals surface area contributed by atoms with Gasteiger partial charge in [-0.3, -0.25) is 9.59 Å². The summed E-state index contributed by atoms with van der Waals surface area (Å²) in [5, 5.41) is 5.69. The lowest BCUT2D eigenvalue weighted by molar-refractivity contribution is -0.122. The van der Waals surface area contributed by atoms with Gasteiger partial charge in [0.2, 0.25) is 5.91 Å². The molecule has 0 aromatic heterocycles.